The zero-order valence-electron chi connectivity index (χ0n) is 12.9. The number of nitrogens with zero attached hydrogens (tertiary/aromatic N) is 2. The Labute approximate surface area is 136 Å². The fraction of sp³-hybridized carbons (Fsp3) is 0.588. The zero-order valence-corrected chi connectivity index (χ0v) is 13.7. The van der Waals surface area contributed by atoms with Gasteiger partial charge in [-0.15, -0.1) is 0 Å². The number of anilines is 1. The largest absolute Gasteiger partial charge is 0.393 e. The maximum absolute atomic E-state index is 12.7. The van der Waals surface area contributed by atoms with E-state index in [1.54, 1.807) is 0 Å². The van der Waals surface area contributed by atoms with Gasteiger partial charge in [-0.25, -0.2) is 0 Å². The first-order chi connectivity index (χ1) is 10.6. The summed E-state index contributed by atoms with van der Waals surface area (Å²) >= 11 is 6.03. The number of piperidine rings is 1. The van der Waals surface area contributed by atoms with Gasteiger partial charge in [-0.1, -0.05) is 17.7 Å². The SMILES string of the molecule is CC(O)C1CCN(C2CCN(c3cccc(Cl)c3)C2=O)CC1. The van der Waals surface area contributed by atoms with Crippen molar-refractivity contribution in [3.05, 3.63) is 29.3 Å². The van der Waals surface area contributed by atoms with Crippen molar-refractivity contribution in [2.75, 3.05) is 24.5 Å². The molecule has 3 rings (SSSR count). The van der Waals surface area contributed by atoms with Crippen LogP contribution < -0.4 is 4.90 Å². The van der Waals surface area contributed by atoms with Gasteiger partial charge in [0.15, 0.2) is 0 Å². The third-order valence-corrected chi connectivity index (χ3v) is 5.23. The number of aliphatic hydroxyl groups is 1. The van der Waals surface area contributed by atoms with Gasteiger partial charge in [0.25, 0.3) is 0 Å². The summed E-state index contributed by atoms with van der Waals surface area (Å²) in [6, 6.07) is 7.47. The van der Waals surface area contributed by atoms with Crippen LogP contribution in [-0.2, 0) is 4.79 Å². The van der Waals surface area contributed by atoms with Gasteiger partial charge in [-0.2, -0.15) is 0 Å². The quantitative estimate of drug-likeness (QED) is 0.930. The monoisotopic (exact) mass is 322 g/mol. The van der Waals surface area contributed by atoms with Crippen molar-refractivity contribution < 1.29 is 9.90 Å². The number of benzene rings is 1. The zero-order chi connectivity index (χ0) is 15.7. The minimum atomic E-state index is -0.246. The van der Waals surface area contributed by atoms with Crippen LogP contribution in [0.5, 0.6) is 0 Å². The van der Waals surface area contributed by atoms with Crippen molar-refractivity contribution in [1.82, 2.24) is 4.90 Å². The number of amides is 1. The van der Waals surface area contributed by atoms with Crippen molar-refractivity contribution >= 4 is 23.2 Å². The van der Waals surface area contributed by atoms with E-state index in [9.17, 15) is 9.90 Å². The molecule has 22 heavy (non-hydrogen) atoms. The molecule has 2 aliphatic heterocycles. The van der Waals surface area contributed by atoms with Gasteiger partial charge in [0.2, 0.25) is 5.91 Å². The molecule has 1 aromatic carbocycles. The minimum Gasteiger partial charge on any atom is -0.393 e. The van der Waals surface area contributed by atoms with Gasteiger partial charge in [-0.05, 0) is 63.4 Å². The molecule has 0 aromatic heterocycles. The number of carbonyl (C=O) groups excluding carboxylic acids is 1. The van der Waals surface area contributed by atoms with Crippen LogP contribution in [0.1, 0.15) is 26.2 Å². The van der Waals surface area contributed by atoms with Gasteiger partial charge < -0.3 is 10.0 Å². The molecule has 4 nitrogen and oxygen atoms in total. The van der Waals surface area contributed by atoms with Crippen molar-refractivity contribution in [3.63, 3.8) is 0 Å². The highest BCUT2D eigenvalue weighted by Gasteiger charge is 2.38. The number of aliphatic hydroxyl groups excluding tert-OH is 1. The van der Waals surface area contributed by atoms with E-state index in [4.69, 9.17) is 11.6 Å². The average Bonchev–Trinajstić information content (AvgIpc) is 2.89. The Bertz CT molecular complexity index is 541. The number of hydrogen-bond donors (Lipinski definition) is 1. The minimum absolute atomic E-state index is 0.0195. The maximum Gasteiger partial charge on any atom is 0.244 e. The predicted molar refractivity (Wildman–Crippen MR) is 88.2 cm³/mol. The standard InChI is InChI=1S/C17H23ClN2O2/c1-12(21)13-5-8-19(9-6-13)16-7-10-20(17(16)22)15-4-2-3-14(18)11-15/h2-4,11-13,16,21H,5-10H2,1H3. The van der Waals surface area contributed by atoms with E-state index >= 15 is 0 Å². The molecule has 0 spiro atoms. The number of rotatable bonds is 3. The van der Waals surface area contributed by atoms with Crippen molar-refractivity contribution in [2.24, 2.45) is 5.92 Å². The highest BCUT2D eigenvalue weighted by molar-refractivity contribution is 6.30. The van der Waals surface area contributed by atoms with Gasteiger partial charge in [0, 0.05) is 17.3 Å². The summed E-state index contributed by atoms with van der Waals surface area (Å²) in [5.74, 6) is 0.551. The highest BCUT2D eigenvalue weighted by atomic mass is 35.5. The van der Waals surface area contributed by atoms with E-state index in [2.05, 4.69) is 4.90 Å². The first kappa shape index (κ1) is 15.8. The summed E-state index contributed by atoms with van der Waals surface area (Å²) in [7, 11) is 0. The lowest BCUT2D eigenvalue weighted by Gasteiger charge is -2.36. The van der Waals surface area contributed by atoms with Gasteiger partial charge >= 0.3 is 0 Å². The molecule has 0 radical (unpaired) electrons. The number of halogens is 1. The molecule has 1 N–H and O–H groups in total. The van der Waals surface area contributed by atoms with E-state index in [-0.39, 0.29) is 18.1 Å². The van der Waals surface area contributed by atoms with Crippen molar-refractivity contribution in [2.45, 2.75) is 38.3 Å². The van der Waals surface area contributed by atoms with E-state index in [0.717, 1.165) is 44.6 Å². The lowest BCUT2D eigenvalue weighted by molar-refractivity contribution is -0.122. The fourth-order valence-electron chi connectivity index (χ4n) is 3.62. The Hall–Kier alpha value is -1.10. The van der Waals surface area contributed by atoms with Crippen molar-refractivity contribution in [1.29, 1.82) is 0 Å². The van der Waals surface area contributed by atoms with Crippen LogP contribution in [0.3, 0.4) is 0 Å². The molecule has 1 aromatic rings. The Morgan fingerprint density at radius 2 is 1.95 bits per heavy atom. The van der Waals surface area contributed by atoms with E-state index in [0.29, 0.717) is 10.9 Å². The van der Waals surface area contributed by atoms with Gasteiger partial charge in [0.05, 0.1) is 12.1 Å². The van der Waals surface area contributed by atoms with E-state index in [1.165, 1.54) is 0 Å². The lowest BCUT2D eigenvalue weighted by atomic mass is 9.91. The predicted octanol–water partition coefficient (Wildman–Crippen LogP) is 2.54. The highest BCUT2D eigenvalue weighted by Crippen LogP contribution is 2.29. The molecule has 0 bridgehead atoms. The molecule has 2 atom stereocenters. The Kier molecular flexibility index (Phi) is 4.71. The van der Waals surface area contributed by atoms with Crippen LogP contribution in [0.4, 0.5) is 5.69 Å². The van der Waals surface area contributed by atoms with Crippen LogP contribution in [0.15, 0.2) is 24.3 Å². The van der Waals surface area contributed by atoms with Crippen LogP contribution in [0, 0.1) is 5.92 Å². The Balaban J connectivity index is 1.65. The molecule has 2 saturated heterocycles. The average molecular weight is 323 g/mol. The van der Waals surface area contributed by atoms with Gasteiger partial charge in [0.1, 0.15) is 0 Å². The fourth-order valence-corrected chi connectivity index (χ4v) is 3.80. The molecule has 5 heteroatoms. The normalized spacial score (nSPS) is 25.7. The third kappa shape index (κ3) is 3.14. The Morgan fingerprint density at radius 1 is 1.23 bits per heavy atom. The van der Waals surface area contributed by atoms with Crippen molar-refractivity contribution in [3.8, 4) is 0 Å². The second-order valence-electron chi connectivity index (χ2n) is 6.39. The molecule has 2 unspecified atom stereocenters. The van der Waals surface area contributed by atoms with Crippen LogP contribution >= 0.6 is 11.6 Å². The van der Waals surface area contributed by atoms with Gasteiger partial charge in [-0.3, -0.25) is 9.69 Å². The molecular weight excluding hydrogens is 300 g/mol. The topological polar surface area (TPSA) is 43.8 Å². The molecule has 2 heterocycles. The summed E-state index contributed by atoms with van der Waals surface area (Å²) in [6.45, 7) is 4.41. The van der Waals surface area contributed by atoms with Crippen LogP contribution in [-0.4, -0.2) is 47.7 Å². The van der Waals surface area contributed by atoms with Crippen LogP contribution in [0.2, 0.25) is 5.02 Å². The lowest BCUT2D eigenvalue weighted by Crippen LogP contribution is -2.47. The molecule has 1 amide bonds. The number of carbonyl (C=O) groups is 1. The molecule has 0 saturated carbocycles. The first-order valence-corrected chi connectivity index (χ1v) is 8.43. The molecular formula is C17H23ClN2O2. The number of likely N-dealkylation sites (tertiary alicyclic amines) is 1. The molecule has 0 aliphatic carbocycles. The molecule has 2 aliphatic rings. The summed E-state index contributed by atoms with van der Waals surface area (Å²) in [5.41, 5.74) is 0.888. The second-order valence-corrected chi connectivity index (χ2v) is 6.82. The smallest absolute Gasteiger partial charge is 0.244 e. The summed E-state index contributed by atoms with van der Waals surface area (Å²) in [5, 5.41) is 10.4. The third-order valence-electron chi connectivity index (χ3n) is 4.99. The van der Waals surface area contributed by atoms with E-state index in [1.807, 2.05) is 36.1 Å². The molecule has 120 valence electrons. The van der Waals surface area contributed by atoms with E-state index < -0.39 is 0 Å². The summed E-state index contributed by atoms with van der Waals surface area (Å²) in [6.07, 6.45) is 2.56. The maximum atomic E-state index is 12.7. The first-order valence-electron chi connectivity index (χ1n) is 8.05. The second kappa shape index (κ2) is 6.57. The summed E-state index contributed by atoms with van der Waals surface area (Å²) < 4.78 is 0. The summed E-state index contributed by atoms with van der Waals surface area (Å²) in [4.78, 5) is 16.9. The van der Waals surface area contributed by atoms with Crippen LogP contribution in [0.25, 0.3) is 0 Å². The Morgan fingerprint density at radius 3 is 2.59 bits per heavy atom. The number of hydrogen-bond acceptors (Lipinski definition) is 3. The molecule has 2 fully saturated rings.